The van der Waals surface area contributed by atoms with Crippen LogP contribution in [-0.4, -0.2) is 38.8 Å². The van der Waals surface area contributed by atoms with Crippen molar-refractivity contribution in [2.45, 2.75) is 31.4 Å². The van der Waals surface area contributed by atoms with Crippen LogP contribution in [0.2, 0.25) is 0 Å². The molecular formula is C11H15N4O3. The zero-order chi connectivity index (χ0) is 13.3. The minimum absolute atomic E-state index is 0.0744. The number of hydrogen-bond acceptors (Lipinski definition) is 4. The highest BCUT2D eigenvalue weighted by atomic mass is 16.3. The molecule has 1 heterocycles. The van der Waals surface area contributed by atoms with E-state index < -0.39 is 17.9 Å². The van der Waals surface area contributed by atoms with Crippen LogP contribution < -0.4 is 11.1 Å². The summed E-state index contributed by atoms with van der Waals surface area (Å²) in [6, 6.07) is 2.30. The molecule has 0 saturated heterocycles. The molecule has 1 saturated carbocycles. The van der Waals surface area contributed by atoms with Gasteiger partial charge in [0, 0.05) is 7.05 Å². The molecule has 0 bridgehead atoms. The van der Waals surface area contributed by atoms with E-state index in [0.717, 1.165) is 12.8 Å². The van der Waals surface area contributed by atoms with Crippen LogP contribution in [0.4, 0.5) is 0 Å². The molecule has 1 fully saturated rings. The van der Waals surface area contributed by atoms with Crippen molar-refractivity contribution in [2.75, 3.05) is 0 Å². The van der Waals surface area contributed by atoms with E-state index in [-0.39, 0.29) is 17.4 Å². The highest BCUT2D eigenvalue weighted by Crippen LogP contribution is 2.19. The van der Waals surface area contributed by atoms with Gasteiger partial charge >= 0.3 is 0 Å². The number of aliphatic hydroxyl groups is 1. The van der Waals surface area contributed by atoms with Gasteiger partial charge in [-0.25, -0.2) is 0 Å². The fraction of sp³-hybridized carbons (Fsp3) is 0.545. The Morgan fingerprint density at radius 3 is 2.78 bits per heavy atom. The summed E-state index contributed by atoms with van der Waals surface area (Å²) in [6.45, 7) is 0. The average Bonchev–Trinajstić information content (AvgIpc) is 2.86. The fourth-order valence-corrected chi connectivity index (χ4v) is 2.08. The maximum absolute atomic E-state index is 11.9. The third-order valence-electron chi connectivity index (χ3n) is 3.05. The lowest BCUT2D eigenvalue weighted by atomic mass is 10.2. The van der Waals surface area contributed by atoms with Gasteiger partial charge < -0.3 is 16.2 Å². The van der Waals surface area contributed by atoms with Gasteiger partial charge in [0.05, 0.1) is 18.2 Å². The lowest BCUT2D eigenvalue weighted by Crippen LogP contribution is -2.40. The van der Waals surface area contributed by atoms with Crippen LogP contribution in [0.25, 0.3) is 0 Å². The van der Waals surface area contributed by atoms with Gasteiger partial charge in [0.2, 0.25) is 0 Å². The molecule has 1 aliphatic carbocycles. The van der Waals surface area contributed by atoms with Crippen LogP contribution in [0.3, 0.4) is 0 Å². The first kappa shape index (κ1) is 12.6. The second-order valence-electron chi connectivity index (χ2n) is 4.39. The molecule has 2 unspecified atom stereocenters. The van der Waals surface area contributed by atoms with Gasteiger partial charge in [0.25, 0.3) is 11.8 Å². The van der Waals surface area contributed by atoms with Crippen molar-refractivity contribution in [1.82, 2.24) is 15.1 Å². The van der Waals surface area contributed by atoms with Crippen molar-refractivity contribution in [3.8, 4) is 0 Å². The highest BCUT2D eigenvalue weighted by molar-refractivity contribution is 5.96. The van der Waals surface area contributed by atoms with Crippen LogP contribution in [0, 0.1) is 6.07 Å². The van der Waals surface area contributed by atoms with Gasteiger partial charge in [-0.3, -0.25) is 14.3 Å². The number of nitrogens with one attached hydrogen (secondary N) is 1. The molecule has 1 aliphatic rings. The van der Waals surface area contributed by atoms with E-state index in [0.29, 0.717) is 6.42 Å². The van der Waals surface area contributed by atoms with Gasteiger partial charge in [-0.1, -0.05) is 0 Å². The molecule has 18 heavy (non-hydrogen) atoms. The predicted molar refractivity (Wildman–Crippen MR) is 61.7 cm³/mol. The minimum atomic E-state index is -0.731. The fourth-order valence-electron chi connectivity index (χ4n) is 2.08. The van der Waals surface area contributed by atoms with Crippen molar-refractivity contribution >= 4 is 11.8 Å². The van der Waals surface area contributed by atoms with Gasteiger partial charge in [0.1, 0.15) is 5.69 Å². The zero-order valence-electron chi connectivity index (χ0n) is 10.0. The summed E-state index contributed by atoms with van der Waals surface area (Å²) < 4.78 is 1.25. The van der Waals surface area contributed by atoms with E-state index in [1.807, 2.05) is 0 Å². The third-order valence-corrected chi connectivity index (χ3v) is 3.05. The maximum Gasteiger partial charge on any atom is 0.270 e. The van der Waals surface area contributed by atoms with Crippen molar-refractivity contribution in [3.05, 3.63) is 17.5 Å². The van der Waals surface area contributed by atoms with E-state index in [9.17, 15) is 14.7 Å². The van der Waals surface area contributed by atoms with Crippen molar-refractivity contribution in [1.29, 1.82) is 0 Å². The summed E-state index contributed by atoms with van der Waals surface area (Å²) >= 11 is 0. The van der Waals surface area contributed by atoms with Gasteiger partial charge in [-0.05, 0) is 19.3 Å². The molecule has 2 rings (SSSR count). The third kappa shape index (κ3) is 2.35. The minimum Gasteiger partial charge on any atom is -0.391 e. The zero-order valence-corrected chi connectivity index (χ0v) is 10.0. The van der Waals surface area contributed by atoms with E-state index in [4.69, 9.17) is 5.73 Å². The summed E-state index contributed by atoms with van der Waals surface area (Å²) in [5.74, 6) is -1.14. The van der Waals surface area contributed by atoms with Gasteiger partial charge in [0.15, 0.2) is 5.69 Å². The molecule has 4 N–H and O–H groups in total. The highest BCUT2D eigenvalue weighted by Gasteiger charge is 2.28. The normalized spacial score (nSPS) is 23.0. The summed E-state index contributed by atoms with van der Waals surface area (Å²) in [7, 11) is 1.53. The quantitative estimate of drug-likeness (QED) is 0.637. The average molecular weight is 251 g/mol. The predicted octanol–water partition coefficient (Wildman–Crippen LogP) is -1.04. The van der Waals surface area contributed by atoms with Gasteiger partial charge in [-0.15, -0.1) is 0 Å². The lowest BCUT2D eigenvalue weighted by Gasteiger charge is -2.15. The molecule has 97 valence electrons. The van der Waals surface area contributed by atoms with E-state index >= 15 is 0 Å². The van der Waals surface area contributed by atoms with Crippen LogP contribution in [0.5, 0.6) is 0 Å². The second kappa shape index (κ2) is 4.77. The summed E-state index contributed by atoms with van der Waals surface area (Å²) in [4.78, 5) is 22.9. The summed E-state index contributed by atoms with van der Waals surface area (Å²) in [5.41, 5.74) is 5.12. The largest absolute Gasteiger partial charge is 0.391 e. The molecular weight excluding hydrogens is 236 g/mol. The van der Waals surface area contributed by atoms with Gasteiger partial charge in [-0.2, -0.15) is 5.10 Å². The first-order valence-corrected chi connectivity index (χ1v) is 5.74. The Morgan fingerprint density at radius 1 is 1.56 bits per heavy atom. The Morgan fingerprint density at radius 2 is 2.28 bits per heavy atom. The van der Waals surface area contributed by atoms with Crippen molar-refractivity contribution in [3.63, 3.8) is 0 Å². The van der Waals surface area contributed by atoms with Crippen molar-refractivity contribution < 1.29 is 14.7 Å². The Bertz CT molecular complexity index is 483. The molecule has 7 nitrogen and oxygen atoms in total. The number of nitrogens with zero attached hydrogens (tertiary/aromatic N) is 2. The number of rotatable bonds is 3. The number of hydrogen-bond donors (Lipinski definition) is 3. The molecule has 1 aromatic heterocycles. The van der Waals surface area contributed by atoms with Crippen LogP contribution in [0.1, 0.15) is 40.2 Å². The number of aromatic nitrogens is 2. The standard InChI is InChI=1S/C11H15N4O3/c1-15-8(5-7(14-15)10(12)17)11(18)13-6-3-2-4-9(6)16/h6,9,16H,2-4H2,1H3,(H2,12,17)(H,13,18). The Labute approximate surface area is 104 Å². The Balaban J connectivity index is 2.11. The van der Waals surface area contributed by atoms with Crippen LogP contribution >= 0.6 is 0 Å². The van der Waals surface area contributed by atoms with Crippen molar-refractivity contribution in [2.24, 2.45) is 12.8 Å². The van der Waals surface area contributed by atoms with E-state index in [1.165, 1.54) is 11.7 Å². The van der Waals surface area contributed by atoms with E-state index in [2.05, 4.69) is 16.5 Å². The summed E-state index contributed by atoms with van der Waals surface area (Å²) in [6.07, 6.45) is 1.80. The molecule has 1 radical (unpaired) electrons. The number of aliphatic hydroxyl groups excluding tert-OH is 1. The monoisotopic (exact) mass is 251 g/mol. The number of carbonyl (C=O) groups excluding carboxylic acids is 2. The smallest absolute Gasteiger partial charge is 0.270 e. The number of carbonyl (C=O) groups is 2. The first-order valence-electron chi connectivity index (χ1n) is 5.74. The molecule has 2 amide bonds. The van der Waals surface area contributed by atoms with E-state index in [1.54, 1.807) is 0 Å². The Hall–Kier alpha value is -1.89. The molecule has 1 aromatic rings. The molecule has 2 atom stereocenters. The summed E-state index contributed by atoms with van der Waals surface area (Å²) in [5, 5.41) is 16.1. The second-order valence-corrected chi connectivity index (χ2v) is 4.39. The number of aryl methyl sites for hydroxylation is 1. The lowest BCUT2D eigenvalue weighted by molar-refractivity contribution is 0.0863. The Kier molecular flexibility index (Phi) is 3.33. The molecule has 0 aliphatic heterocycles. The number of amides is 2. The first-order chi connectivity index (χ1) is 8.49. The molecule has 7 heteroatoms. The molecule has 0 aromatic carbocycles. The topological polar surface area (TPSA) is 110 Å². The van der Waals surface area contributed by atoms with Crippen LogP contribution in [0.15, 0.2) is 0 Å². The number of nitrogens with two attached hydrogens (primary N) is 1. The molecule has 0 spiro atoms. The number of primary amides is 1. The van der Waals surface area contributed by atoms with Crippen LogP contribution in [-0.2, 0) is 7.05 Å². The SMILES string of the molecule is Cn1nc(C(N)=O)[c]c1C(=O)NC1CCCC1O. The maximum atomic E-state index is 11.9.